The smallest absolute Gasteiger partial charge is 0.339 e. The number of carbonyl (C=O) groups excluding carboxylic acids is 1. The quantitative estimate of drug-likeness (QED) is 0.663. The Morgan fingerprint density at radius 1 is 1.53 bits per heavy atom. The van der Waals surface area contributed by atoms with Crippen LogP contribution in [-0.2, 0) is 4.74 Å². The number of hydrogen-bond donors (Lipinski definition) is 2. The molecular weight excluding hydrogens is 284 g/mol. The van der Waals surface area contributed by atoms with Gasteiger partial charge in [0.2, 0.25) is 0 Å². The average Bonchev–Trinajstić information content (AvgIpc) is 2.28. The van der Waals surface area contributed by atoms with Crippen molar-refractivity contribution < 1.29 is 9.53 Å². The Morgan fingerprint density at radius 2 is 2.18 bits per heavy atom. The first-order valence-corrected chi connectivity index (χ1v) is 5.98. The number of benzene rings is 1. The van der Waals surface area contributed by atoms with Crippen molar-refractivity contribution in [1.82, 2.24) is 0 Å². The van der Waals surface area contributed by atoms with E-state index in [0.29, 0.717) is 16.8 Å². The van der Waals surface area contributed by atoms with Gasteiger partial charge in [-0.15, -0.1) is 0 Å². The number of esters is 1. The van der Waals surface area contributed by atoms with Crippen molar-refractivity contribution in [3.63, 3.8) is 0 Å². The number of halogens is 1. The van der Waals surface area contributed by atoms with Gasteiger partial charge in [-0.3, -0.25) is 0 Å². The lowest BCUT2D eigenvalue weighted by atomic mass is 10.1. The molecule has 0 saturated heterocycles. The standard InChI is InChI=1S/C12H15BrN2O2/c1-7(2)15-11-8(12(16)17-3)4-5-10(13)9(11)6-14/h4-7,14-15H,1-3H3. The molecule has 0 unspecified atom stereocenters. The number of hydrogen-bond acceptors (Lipinski definition) is 4. The lowest BCUT2D eigenvalue weighted by Gasteiger charge is -2.17. The molecule has 0 saturated carbocycles. The van der Waals surface area contributed by atoms with E-state index in [0.717, 1.165) is 4.47 Å². The van der Waals surface area contributed by atoms with Crippen molar-refractivity contribution in [1.29, 1.82) is 5.41 Å². The maximum Gasteiger partial charge on any atom is 0.339 e. The molecule has 0 fully saturated rings. The first kappa shape index (κ1) is 13.7. The summed E-state index contributed by atoms with van der Waals surface area (Å²) in [5.41, 5.74) is 1.70. The Morgan fingerprint density at radius 3 is 2.65 bits per heavy atom. The summed E-state index contributed by atoms with van der Waals surface area (Å²) in [6.07, 6.45) is 1.21. The highest BCUT2D eigenvalue weighted by molar-refractivity contribution is 9.10. The largest absolute Gasteiger partial charge is 0.465 e. The fourth-order valence-electron chi connectivity index (χ4n) is 1.46. The number of nitrogens with one attached hydrogen (secondary N) is 2. The van der Waals surface area contributed by atoms with Crippen molar-refractivity contribution in [3.8, 4) is 0 Å². The van der Waals surface area contributed by atoms with Crippen LogP contribution in [0.5, 0.6) is 0 Å². The van der Waals surface area contributed by atoms with Crippen LogP contribution in [0.2, 0.25) is 0 Å². The molecule has 0 radical (unpaired) electrons. The Hall–Kier alpha value is -1.36. The normalized spacial score (nSPS) is 10.2. The van der Waals surface area contributed by atoms with Gasteiger partial charge in [0.05, 0.1) is 18.4 Å². The molecule has 2 N–H and O–H groups in total. The van der Waals surface area contributed by atoms with Crippen LogP contribution in [0.1, 0.15) is 29.8 Å². The minimum atomic E-state index is -0.413. The van der Waals surface area contributed by atoms with Gasteiger partial charge in [-0.2, -0.15) is 0 Å². The number of methoxy groups -OCH3 is 1. The van der Waals surface area contributed by atoms with Gasteiger partial charge in [-0.05, 0) is 26.0 Å². The van der Waals surface area contributed by atoms with E-state index in [2.05, 4.69) is 21.2 Å². The number of anilines is 1. The first-order chi connectivity index (χ1) is 8.01. The van der Waals surface area contributed by atoms with Crippen LogP contribution in [0, 0.1) is 5.41 Å². The Labute approximate surface area is 109 Å². The second-order valence-corrected chi connectivity index (χ2v) is 4.67. The predicted octanol–water partition coefficient (Wildman–Crippen LogP) is 3.05. The van der Waals surface area contributed by atoms with Gasteiger partial charge in [0.25, 0.3) is 0 Å². The molecule has 17 heavy (non-hydrogen) atoms. The fraction of sp³-hybridized carbons (Fsp3) is 0.333. The molecule has 1 rings (SSSR count). The third-order valence-electron chi connectivity index (χ3n) is 2.17. The molecule has 0 heterocycles. The Kier molecular flexibility index (Phi) is 4.69. The maximum absolute atomic E-state index is 11.6. The highest BCUT2D eigenvalue weighted by Crippen LogP contribution is 2.28. The molecule has 1 aromatic carbocycles. The monoisotopic (exact) mass is 298 g/mol. The van der Waals surface area contributed by atoms with Crippen molar-refractivity contribution in [2.75, 3.05) is 12.4 Å². The molecule has 0 spiro atoms. The topological polar surface area (TPSA) is 62.2 Å². The van der Waals surface area contributed by atoms with Crippen molar-refractivity contribution >= 4 is 33.8 Å². The summed E-state index contributed by atoms with van der Waals surface area (Å²) in [6, 6.07) is 3.57. The zero-order valence-corrected chi connectivity index (χ0v) is 11.6. The van der Waals surface area contributed by atoms with Crippen LogP contribution in [0.15, 0.2) is 16.6 Å². The highest BCUT2D eigenvalue weighted by atomic mass is 79.9. The summed E-state index contributed by atoms with van der Waals surface area (Å²) in [7, 11) is 1.34. The average molecular weight is 299 g/mol. The lowest BCUT2D eigenvalue weighted by molar-refractivity contribution is 0.0602. The molecule has 0 aliphatic rings. The van der Waals surface area contributed by atoms with Crippen LogP contribution in [0.4, 0.5) is 5.69 Å². The van der Waals surface area contributed by atoms with Crippen molar-refractivity contribution in [2.24, 2.45) is 0 Å². The second-order valence-electron chi connectivity index (χ2n) is 3.82. The Balaban J connectivity index is 3.39. The minimum absolute atomic E-state index is 0.159. The number of carbonyl (C=O) groups is 1. The summed E-state index contributed by atoms with van der Waals surface area (Å²) in [6.45, 7) is 3.94. The molecule has 0 amide bonds. The summed E-state index contributed by atoms with van der Waals surface area (Å²) in [4.78, 5) is 11.6. The zero-order valence-electron chi connectivity index (χ0n) is 10.0. The van der Waals surface area contributed by atoms with Gasteiger partial charge in [0, 0.05) is 22.3 Å². The van der Waals surface area contributed by atoms with Gasteiger partial charge in [0.15, 0.2) is 0 Å². The molecule has 0 aromatic heterocycles. The van der Waals surface area contributed by atoms with E-state index >= 15 is 0 Å². The second kappa shape index (κ2) is 5.82. The van der Waals surface area contributed by atoms with Crippen LogP contribution in [0.3, 0.4) is 0 Å². The van der Waals surface area contributed by atoms with E-state index in [-0.39, 0.29) is 6.04 Å². The SMILES string of the molecule is COC(=O)c1ccc(Br)c(C=N)c1NC(C)C. The maximum atomic E-state index is 11.6. The first-order valence-electron chi connectivity index (χ1n) is 5.19. The molecule has 1 aromatic rings. The van der Waals surface area contributed by atoms with E-state index in [1.54, 1.807) is 12.1 Å². The molecule has 92 valence electrons. The van der Waals surface area contributed by atoms with Gasteiger partial charge < -0.3 is 15.5 Å². The third-order valence-corrected chi connectivity index (χ3v) is 2.87. The van der Waals surface area contributed by atoms with E-state index in [1.165, 1.54) is 13.3 Å². The molecule has 0 aliphatic heterocycles. The van der Waals surface area contributed by atoms with E-state index in [4.69, 9.17) is 10.1 Å². The number of ether oxygens (including phenoxy) is 1. The molecule has 0 aliphatic carbocycles. The van der Waals surface area contributed by atoms with Crippen LogP contribution >= 0.6 is 15.9 Å². The third kappa shape index (κ3) is 3.06. The molecule has 5 heteroatoms. The zero-order chi connectivity index (χ0) is 13.0. The molecule has 0 atom stereocenters. The van der Waals surface area contributed by atoms with Gasteiger partial charge in [-0.1, -0.05) is 15.9 Å². The summed E-state index contributed by atoms with van der Waals surface area (Å²) in [5.74, 6) is -0.413. The van der Waals surface area contributed by atoms with Crippen molar-refractivity contribution in [2.45, 2.75) is 19.9 Å². The van der Waals surface area contributed by atoms with Gasteiger partial charge in [0.1, 0.15) is 0 Å². The Bertz CT molecular complexity index is 444. The summed E-state index contributed by atoms with van der Waals surface area (Å²) < 4.78 is 5.50. The summed E-state index contributed by atoms with van der Waals surface area (Å²) >= 11 is 3.36. The lowest BCUT2D eigenvalue weighted by Crippen LogP contribution is -2.16. The van der Waals surface area contributed by atoms with E-state index < -0.39 is 5.97 Å². The molecule has 4 nitrogen and oxygen atoms in total. The van der Waals surface area contributed by atoms with Crippen molar-refractivity contribution in [3.05, 3.63) is 27.7 Å². The van der Waals surface area contributed by atoms with Crippen LogP contribution in [0.25, 0.3) is 0 Å². The predicted molar refractivity (Wildman–Crippen MR) is 72.1 cm³/mol. The fourth-order valence-corrected chi connectivity index (χ4v) is 1.90. The van der Waals surface area contributed by atoms with E-state index in [9.17, 15) is 4.79 Å². The van der Waals surface area contributed by atoms with Gasteiger partial charge in [-0.25, -0.2) is 4.79 Å². The molecular formula is C12H15BrN2O2. The van der Waals surface area contributed by atoms with E-state index in [1.807, 2.05) is 13.8 Å². The molecule has 0 bridgehead atoms. The summed E-state index contributed by atoms with van der Waals surface area (Å²) in [5, 5.41) is 10.6. The minimum Gasteiger partial charge on any atom is -0.465 e. The number of rotatable bonds is 4. The van der Waals surface area contributed by atoms with Gasteiger partial charge >= 0.3 is 5.97 Å². The van der Waals surface area contributed by atoms with Crippen LogP contribution < -0.4 is 5.32 Å². The van der Waals surface area contributed by atoms with Crippen LogP contribution in [-0.4, -0.2) is 25.3 Å². The highest BCUT2D eigenvalue weighted by Gasteiger charge is 2.17.